The van der Waals surface area contributed by atoms with E-state index in [9.17, 15) is 18.0 Å². The molecule has 148 valence electrons. The van der Waals surface area contributed by atoms with Gasteiger partial charge in [-0.05, 0) is 48.2 Å². The van der Waals surface area contributed by atoms with Gasteiger partial charge in [-0.15, -0.1) is 0 Å². The number of rotatable bonds is 4. The maximum atomic E-state index is 13.0. The second kappa shape index (κ2) is 6.92. The molecule has 0 unspecified atom stereocenters. The highest BCUT2D eigenvalue weighted by molar-refractivity contribution is 5.82. The lowest BCUT2D eigenvalue weighted by molar-refractivity contribution is -0.137. The van der Waals surface area contributed by atoms with Crippen LogP contribution in [0.3, 0.4) is 0 Å². The fraction of sp³-hybridized carbons (Fsp3) is 0.409. The largest absolute Gasteiger partial charge is 0.497 e. The number of fused-ring (bicyclic) bond motifs is 2. The van der Waals surface area contributed by atoms with Crippen LogP contribution in [0.5, 0.6) is 5.75 Å². The van der Waals surface area contributed by atoms with Crippen LogP contribution in [0.15, 0.2) is 48.5 Å². The summed E-state index contributed by atoms with van der Waals surface area (Å²) in [5, 5.41) is 0. The lowest BCUT2D eigenvalue weighted by atomic mass is 9.80. The van der Waals surface area contributed by atoms with E-state index in [1.54, 1.807) is 19.2 Å². The molecule has 4 rings (SSSR count). The van der Waals surface area contributed by atoms with Crippen LogP contribution in [-0.2, 0) is 23.1 Å². The Labute approximate surface area is 162 Å². The molecule has 2 bridgehead atoms. The standard InChI is InChI=1S/C22H22F3NO2/c1-28-20-8-2-15(3-9-20)14-26-18-10-11-21(26,13-19(27)12-18)16-4-6-17(7-5-16)22(23,24)25/h2-9,18H,10-14H2,1H3/t18-,21+/m1/s1. The number of hydrogen-bond acceptors (Lipinski definition) is 3. The first-order chi connectivity index (χ1) is 13.3. The number of ketones is 1. The van der Waals surface area contributed by atoms with E-state index in [4.69, 9.17) is 4.74 Å². The van der Waals surface area contributed by atoms with Gasteiger partial charge in [0.25, 0.3) is 0 Å². The van der Waals surface area contributed by atoms with Crippen molar-refractivity contribution in [2.24, 2.45) is 0 Å². The number of Topliss-reactive ketones (excluding diaryl/α,β-unsaturated/α-hetero) is 1. The van der Waals surface area contributed by atoms with Crippen LogP contribution < -0.4 is 4.74 Å². The Bertz CT molecular complexity index is 861. The fourth-order valence-electron chi connectivity index (χ4n) is 4.71. The predicted molar refractivity (Wildman–Crippen MR) is 98.9 cm³/mol. The van der Waals surface area contributed by atoms with Gasteiger partial charge in [-0.2, -0.15) is 13.2 Å². The zero-order valence-corrected chi connectivity index (χ0v) is 15.6. The fourth-order valence-corrected chi connectivity index (χ4v) is 4.71. The molecule has 0 spiro atoms. The zero-order chi connectivity index (χ0) is 19.9. The highest BCUT2D eigenvalue weighted by atomic mass is 19.4. The first-order valence-electron chi connectivity index (χ1n) is 9.41. The Morgan fingerprint density at radius 1 is 1.11 bits per heavy atom. The molecule has 2 aromatic carbocycles. The van der Waals surface area contributed by atoms with Gasteiger partial charge in [-0.25, -0.2) is 0 Å². The minimum absolute atomic E-state index is 0.130. The normalized spacial score (nSPS) is 25.1. The molecule has 0 amide bonds. The van der Waals surface area contributed by atoms with Crippen molar-refractivity contribution in [3.63, 3.8) is 0 Å². The quantitative estimate of drug-likeness (QED) is 0.742. The van der Waals surface area contributed by atoms with E-state index < -0.39 is 17.3 Å². The lowest BCUT2D eigenvalue weighted by Gasteiger charge is -2.45. The Hall–Kier alpha value is -2.34. The van der Waals surface area contributed by atoms with Crippen LogP contribution in [0.1, 0.15) is 42.4 Å². The van der Waals surface area contributed by atoms with E-state index in [2.05, 4.69) is 4.90 Å². The summed E-state index contributed by atoms with van der Waals surface area (Å²) in [7, 11) is 1.62. The molecule has 0 aliphatic carbocycles. The molecular weight excluding hydrogens is 367 g/mol. The summed E-state index contributed by atoms with van der Waals surface area (Å²) in [6.45, 7) is 0.656. The summed E-state index contributed by atoms with van der Waals surface area (Å²) in [4.78, 5) is 14.7. The third-order valence-corrected chi connectivity index (χ3v) is 6.10. The van der Waals surface area contributed by atoms with Gasteiger partial charge in [0.15, 0.2) is 0 Å². The van der Waals surface area contributed by atoms with Crippen LogP contribution in [0, 0.1) is 0 Å². The number of alkyl halides is 3. The monoisotopic (exact) mass is 389 g/mol. The molecule has 0 radical (unpaired) electrons. The van der Waals surface area contributed by atoms with Crippen molar-refractivity contribution in [1.29, 1.82) is 0 Å². The number of methoxy groups -OCH3 is 1. The molecule has 6 heteroatoms. The van der Waals surface area contributed by atoms with Crippen molar-refractivity contribution in [3.05, 3.63) is 65.2 Å². The maximum absolute atomic E-state index is 13.0. The second-order valence-electron chi connectivity index (χ2n) is 7.69. The number of benzene rings is 2. The molecule has 2 aliphatic heterocycles. The second-order valence-corrected chi connectivity index (χ2v) is 7.69. The van der Waals surface area contributed by atoms with Gasteiger partial charge < -0.3 is 4.74 Å². The average Bonchev–Trinajstić information content (AvgIpc) is 2.89. The SMILES string of the molecule is COc1ccc(CN2[C@@H]3CC[C@@]2(c2ccc(C(F)(F)F)cc2)CC(=O)C3)cc1. The molecular formula is C22H22F3NO2. The highest BCUT2D eigenvalue weighted by Gasteiger charge is 2.52. The smallest absolute Gasteiger partial charge is 0.416 e. The summed E-state index contributed by atoms with van der Waals surface area (Å²) >= 11 is 0. The summed E-state index contributed by atoms with van der Waals surface area (Å²) in [5.74, 6) is 0.964. The minimum Gasteiger partial charge on any atom is -0.497 e. The van der Waals surface area contributed by atoms with Crippen molar-refractivity contribution in [1.82, 2.24) is 4.90 Å². The summed E-state index contributed by atoms with van der Waals surface area (Å²) < 4.78 is 44.1. The number of piperidine rings is 1. The van der Waals surface area contributed by atoms with E-state index in [1.165, 1.54) is 0 Å². The number of carbonyl (C=O) groups excluding carboxylic acids is 1. The van der Waals surface area contributed by atoms with Gasteiger partial charge in [0.05, 0.1) is 18.2 Å². The summed E-state index contributed by atoms with van der Waals surface area (Å²) in [5.41, 5.74) is 0.707. The van der Waals surface area contributed by atoms with Crippen LogP contribution in [-0.4, -0.2) is 23.8 Å². The van der Waals surface area contributed by atoms with Crippen LogP contribution in [0.4, 0.5) is 13.2 Å². The van der Waals surface area contributed by atoms with Gasteiger partial charge in [0, 0.05) is 25.4 Å². The van der Waals surface area contributed by atoms with Gasteiger partial charge in [-0.3, -0.25) is 9.69 Å². The number of hydrogen-bond donors (Lipinski definition) is 0. The summed E-state index contributed by atoms with van der Waals surface area (Å²) in [6.07, 6.45) is -1.84. The third kappa shape index (κ3) is 3.30. The van der Waals surface area contributed by atoms with Crippen molar-refractivity contribution in [3.8, 4) is 5.75 Å². The Kier molecular flexibility index (Phi) is 4.70. The van der Waals surface area contributed by atoms with E-state index in [1.807, 2.05) is 24.3 Å². The van der Waals surface area contributed by atoms with Crippen LogP contribution in [0.2, 0.25) is 0 Å². The van der Waals surface area contributed by atoms with Crippen LogP contribution in [0.25, 0.3) is 0 Å². The first-order valence-corrected chi connectivity index (χ1v) is 9.41. The first kappa shape index (κ1) is 19.0. The molecule has 2 aromatic rings. The van der Waals surface area contributed by atoms with Gasteiger partial charge in [0.2, 0.25) is 0 Å². The van der Waals surface area contributed by atoms with Gasteiger partial charge in [-0.1, -0.05) is 24.3 Å². The third-order valence-electron chi connectivity index (χ3n) is 6.10. The van der Waals surface area contributed by atoms with Crippen molar-refractivity contribution >= 4 is 5.78 Å². The van der Waals surface area contributed by atoms with E-state index in [-0.39, 0.29) is 11.8 Å². The molecule has 28 heavy (non-hydrogen) atoms. The molecule has 0 aromatic heterocycles. The maximum Gasteiger partial charge on any atom is 0.416 e. The van der Waals surface area contributed by atoms with Gasteiger partial charge in [0.1, 0.15) is 11.5 Å². The molecule has 0 saturated carbocycles. The number of carbonyl (C=O) groups is 1. The molecule has 2 fully saturated rings. The van der Waals surface area contributed by atoms with Crippen molar-refractivity contribution in [2.45, 2.75) is 50.0 Å². The van der Waals surface area contributed by atoms with Gasteiger partial charge >= 0.3 is 6.18 Å². The van der Waals surface area contributed by atoms with Crippen molar-refractivity contribution in [2.75, 3.05) is 7.11 Å². The number of ether oxygens (including phenoxy) is 1. The predicted octanol–water partition coefficient (Wildman–Crippen LogP) is 4.94. The molecule has 2 heterocycles. The topological polar surface area (TPSA) is 29.5 Å². The lowest BCUT2D eigenvalue weighted by Crippen LogP contribution is -2.50. The molecule has 0 N–H and O–H groups in total. The Morgan fingerprint density at radius 2 is 1.79 bits per heavy atom. The van der Waals surface area contributed by atoms with Crippen LogP contribution >= 0.6 is 0 Å². The van der Waals surface area contributed by atoms with E-state index >= 15 is 0 Å². The number of halogens is 3. The molecule has 2 saturated heterocycles. The average molecular weight is 389 g/mol. The highest BCUT2D eigenvalue weighted by Crippen LogP contribution is 2.50. The molecule has 3 nitrogen and oxygen atoms in total. The Balaban J connectivity index is 1.67. The minimum atomic E-state index is -4.36. The number of nitrogens with zero attached hydrogens (tertiary/aromatic N) is 1. The van der Waals surface area contributed by atoms with E-state index in [0.29, 0.717) is 19.4 Å². The molecule has 2 atom stereocenters. The van der Waals surface area contributed by atoms with E-state index in [0.717, 1.165) is 41.9 Å². The zero-order valence-electron chi connectivity index (χ0n) is 15.6. The Morgan fingerprint density at radius 3 is 2.39 bits per heavy atom. The molecule has 2 aliphatic rings. The summed E-state index contributed by atoms with van der Waals surface area (Å²) in [6, 6.07) is 13.3. The van der Waals surface area contributed by atoms with Crippen molar-refractivity contribution < 1.29 is 22.7 Å².